The molecule has 1 amide bonds. The van der Waals surface area contributed by atoms with Gasteiger partial charge in [0, 0.05) is 38.3 Å². The fraction of sp³-hybridized carbons (Fsp3) is 0.476. The molecule has 0 radical (unpaired) electrons. The van der Waals surface area contributed by atoms with Crippen LogP contribution in [0.15, 0.2) is 48.8 Å². The minimum Gasteiger partial charge on any atom is -0.347 e. The van der Waals surface area contributed by atoms with Crippen LogP contribution in [0.25, 0.3) is 0 Å². The first kappa shape index (κ1) is 17.3. The quantitative estimate of drug-likeness (QED) is 0.847. The summed E-state index contributed by atoms with van der Waals surface area (Å²) >= 11 is 0. The molecule has 138 valence electrons. The van der Waals surface area contributed by atoms with E-state index in [4.69, 9.17) is 9.47 Å². The third-order valence-electron chi connectivity index (χ3n) is 5.51. The van der Waals surface area contributed by atoms with Gasteiger partial charge in [-0.15, -0.1) is 0 Å². The zero-order chi connectivity index (χ0) is 18.0. The Balaban J connectivity index is 1.46. The topological polar surface area (TPSA) is 43.7 Å². The number of nitrogens with zero attached hydrogens (tertiary/aromatic N) is 2. The molecule has 2 aliphatic rings. The molecule has 1 aromatic carbocycles. The van der Waals surface area contributed by atoms with Crippen LogP contribution in [0.4, 0.5) is 0 Å². The van der Waals surface area contributed by atoms with Crippen LogP contribution in [-0.2, 0) is 14.3 Å². The van der Waals surface area contributed by atoms with Gasteiger partial charge in [-0.05, 0) is 24.6 Å². The normalized spacial score (nSPS) is 20.4. The lowest BCUT2D eigenvalue weighted by Gasteiger charge is -2.38. The molecule has 0 aliphatic carbocycles. The molecule has 2 aromatic rings. The number of aryl methyl sites for hydroxylation is 1. The van der Waals surface area contributed by atoms with Gasteiger partial charge in [0.25, 0.3) is 0 Å². The number of rotatable bonds is 4. The Kier molecular flexibility index (Phi) is 4.83. The van der Waals surface area contributed by atoms with Crippen LogP contribution in [-0.4, -0.2) is 47.5 Å². The summed E-state index contributed by atoms with van der Waals surface area (Å²) in [7, 11) is 0. The molecular weight excluding hydrogens is 328 g/mol. The number of ether oxygens (including phenoxy) is 2. The molecule has 1 spiro atoms. The van der Waals surface area contributed by atoms with Gasteiger partial charge in [0.1, 0.15) is 0 Å². The van der Waals surface area contributed by atoms with Crippen molar-refractivity contribution < 1.29 is 14.3 Å². The van der Waals surface area contributed by atoms with Gasteiger partial charge in [-0.25, -0.2) is 0 Å². The van der Waals surface area contributed by atoms with Crippen molar-refractivity contribution in [2.75, 3.05) is 26.3 Å². The molecule has 26 heavy (non-hydrogen) atoms. The van der Waals surface area contributed by atoms with Gasteiger partial charge in [-0.3, -0.25) is 4.79 Å². The van der Waals surface area contributed by atoms with E-state index in [1.165, 1.54) is 5.56 Å². The predicted octanol–water partition coefficient (Wildman–Crippen LogP) is 3.14. The molecule has 2 aliphatic heterocycles. The highest BCUT2D eigenvalue weighted by molar-refractivity contribution is 5.77. The van der Waals surface area contributed by atoms with E-state index in [2.05, 4.69) is 35.8 Å². The van der Waals surface area contributed by atoms with E-state index >= 15 is 0 Å². The lowest BCUT2D eigenvalue weighted by molar-refractivity contribution is -0.187. The minimum absolute atomic E-state index is 0.0213. The summed E-state index contributed by atoms with van der Waals surface area (Å²) in [5, 5.41) is 0. The summed E-state index contributed by atoms with van der Waals surface area (Å²) in [6, 6.07) is 12.5. The molecule has 1 unspecified atom stereocenters. The zero-order valence-electron chi connectivity index (χ0n) is 15.3. The summed E-state index contributed by atoms with van der Waals surface area (Å²) in [4.78, 5) is 14.9. The van der Waals surface area contributed by atoms with E-state index < -0.39 is 5.79 Å². The third kappa shape index (κ3) is 3.55. The van der Waals surface area contributed by atoms with Gasteiger partial charge in [0.2, 0.25) is 5.91 Å². The van der Waals surface area contributed by atoms with Crippen LogP contribution >= 0.6 is 0 Å². The van der Waals surface area contributed by atoms with Gasteiger partial charge in [0.05, 0.1) is 25.7 Å². The van der Waals surface area contributed by atoms with Gasteiger partial charge < -0.3 is 18.9 Å². The van der Waals surface area contributed by atoms with Crippen LogP contribution in [0.1, 0.15) is 36.4 Å². The zero-order valence-corrected chi connectivity index (χ0v) is 15.3. The smallest absolute Gasteiger partial charge is 0.225 e. The van der Waals surface area contributed by atoms with E-state index in [-0.39, 0.29) is 11.9 Å². The molecule has 1 aromatic heterocycles. The van der Waals surface area contributed by atoms with Crippen LogP contribution < -0.4 is 0 Å². The van der Waals surface area contributed by atoms with Crippen molar-refractivity contribution >= 4 is 5.91 Å². The highest BCUT2D eigenvalue weighted by Gasteiger charge is 2.40. The van der Waals surface area contributed by atoms with Crippen molar-refractivity contribution in [3.8, 4) is 0 Å². The monoisotopic (exact) mass is 354 g/mol. The average Bonchev–Trinajstić information content (AvgIpc) is 3.34. The van der Waals surface area contributed by atoms with Crippen molar-refractivity contribution in [3.05, 3.63) is 59.9 Å². The number of likely N-dealkylation sites (tertiary alicyclic amines) is 1. The Morgan fingerprint density at radius 1 is 1.08 bits per heavy atom. The van der Waals surface area contributed by atoms with Crippen molar-refractivity contribution in [2.45, 2.75) is 38.0 Å². The number of piperidine rings is 1. The molecule has 0 N–H and O–H groups in total. The Labute approximate surface area is 154 Å². The largest absolute Gasteiger partial charge is 0.347 e. The number of hydrogen-bond donors (Lipinski definition) is 0. The second-order valence-electron chi connectivity index (χ2n) is 7.25. The first-order valence-electron chi connectivity index (χ1n) is 9.40. The summed E-state index contributed by atoms with van der Waals surface area (Å²) in [6.45, 7) is 4.81. The minimum atomic E-state index is -0.437. The highest BCUT2D eigenvalue weighted by atomic mass is 16.7. The summed E-state index contributed by atoms with van der Waals surface area (Å²) < 4.78 is 13.7. The van der Waals surface area contributed by atoms with Crippen molar-refractivity contribution in [2.24, 2.45) is 0 Å². The number of carbonyl (C=O) groups is 1. The van der Waals surface area contributed by atoms with E-state index in [9.17, 15) is 4.79 Å². The first-order valence-corrected chi connectivity index (χ1v) is 9.40. The lowest BCUT2D eigenvalue weighted by atomic mass is 9.99. The van der Waals surface area contributed by atoms with E-state index in [0.29, 0.717) is 32.7 Å². The van der Waals surface area contributed by atoms with Gasteiger partial charge in [0.15, 0.2) is 5.79 Å². The fourth-order valence-electron chi connectivity index (χ4n) is 3.92. The molecule has 0 bridgehead atoms. The Hall–Kier alpha value is -2.11. The summed E-state index contributed by atoms with van der Waals surface area (Å²) in [6.07, 6.45) is 6.05. The Morgan fingerprint density at radius 2 is 1.69 bits per heavy atom. The number of benzene rings is 1. The highest BCUT2D eigenvalue weighted by Crippen LogP contribution is 2.32. The maximum absolute atomic E-state index is 13.0. The van der Waals surface area contributed by atoms with Crippen LogP contribution in [0.5, 0.6) is 0 Å². The molecule has 1 atom stereocenters. The lowest BCUT2D eigenvalue weighted by Crippen LogP contribution is -2.47. The maximum atomic E-state index is 13.0. The maximum Gasteiger partial charge on any atom is 0.225 e. The second kappa shape index (κ2) is 7.25. The molecule has 2 saturated heterocycles. The molecule has 0 saturated carbocycles. The summed E-state index contributed by atoms with van der Waals surface area (Å²) in [5.41, 5.74) is 2.39. The molecule has 3 heterocycles. The first-order chi connectivity index (χ1) is 12.7. The van der Waals surface area contributed by atoms with Crippen LogP contribution in [0, 0.1) is 6.92 Å². The van der Waals surface area contributed by atoms with Crippen molar-refractivity contribution in [1.29, 1.82) is 0 Å². The fourth-order valence-corrected chi connectivity index (χ4v) is 3.92. The predicted molar refractivity (Wildman–Crippen MR) is 98.8 cm³/mol. The molecule has 4 rings (SSSR count). The van der Waals surface area contributed by atoms with Gasteiger partial charge in [-0.2, -0.15) is 0 Å². The van der Waals surface area contributed by atoms with E-state index in [1.807, 2.05) is 29.4 Å². The molecular formula is C21H26N2O3. The second-order valence-corrected chi connectivity index (χ2v) is 7.25. The Morgan fingerprint density at radius 3 is 2.31 bits per heavy atom. The van der Waals surface area contributed by atoms with Gasteiger partial charge in [-0.1, -0.05) is 29.8 Å². The standard InChI is InChI=1S/C21H26N2O3/c1-17-4-6-18(7-5-17)19(22-10-2-3-11-22)16-20(24)23-12-8-21(9-13-23)25-14-15-26-21/h2-7,10-11,19H,8-9,12-16H2,1H3. The third-order valence-corrected chi connectivity index (χ3v) is 5.51. The van der Waals surface area contributed by atoms with E-state index in [1.54, 1.807) is 0 Å². The number of aromatic nitrogens is 1. The number of carbonyl (C=O) groups excluding carboxylic acids is 1. The number of amides is 1. The van der Waals surface area contributed by atoms with Crippen LogP contribution in [0.3, 0.4) is 0 Å². The average molecular weight is 354 g/mol. The molecule has 5 nitrogen and oxygen atoms in total. The molecule has 2 fully saturated rings. The van der Waals surface area contributed by atoms with E-state index in [0.717, 1.165) is 18.4 Å². The number of hydrogen-bond acceptors (Lipinski definition) is 3. The van der Waals surface area contributed by atoms with Gasteiger partial charge >= 0.3 is 0 Å². The van der Waals surface area contributed by atoms with Crippen molar-refractivity contribution in [3.63, 3.8) is 0 Å². The summed E-state index contributed by atoms with van der Waals surface area (Å²) in [5.74, 6) is -0.245. The van der Waals surface area contributed by atoms with Crippen LogP contribution in [0.2, 0.25) is 0 Å². The van der Waals surface area contributed by atoms with Crippen molar-refractivity contribution in [1.82, 2.24) is 9.47 Å². The molecule has 5 heteroatoms. The Bertz CT molecular complexity index is 723. The SMILES string of the molecule is Cc1ccc(C(CC(=O)N2CCC3(CC2)OCCO3)n2cccc2)cc1.